The van der Waals surface area contributed by atoms with Gasteiger partial charge in [0.25, 0.3) is 0 Å². The molecule has 8 heteroatoms. The third kappa shape index (κ3) is 4.25. The maximum absolute atomic E-state index is 11.6. The number of nitrogens with one attached hydrogen (secondary N) is 1. The third-order valence-electron chi connectivity index (χ3n) is 4.18. The second-order valence-corrected chi connectivity index (χ2v) is 6.37. The Morgan fingerprint density at radius 2 is 1.83 bits per heavy atom. The van der Waals surface area contributed by atoms with Crippen molar-refractivity contribution < 1.29 is 18.8 Å². The van der Waals surface area contributed by atoms with E-state index in [0.29, 0.717) is 6.61 Å². The first-order valence-electron chi connectivity index (χ1n) is 7.42. The Kier molecular flexibility index (Phi) is 6.23. The van der Waals surface area contributed by atoms with Crippen LogP contribution >= 0.6 is 17.0 Å². The number of carbonyl (C=O) groups is 1. The molecule has 1 fully saturated rings. The van der Waals surface area contributed by atoms with Crippen LogP contribution in [0.4, 0.5) is 0 Å². The first-order valence-corrected chi connectivity index (χ1v) is 7.42. The van der Waals surface area contributed by atoms with Gasteiger partial charge in [0.2, 0.25) is 0 Å². The Labute approximate surface area is 147 Å². The molecule has 0 bridgehead atoms. The van der Waals surface area contributed by atoms with E-state index in [1.807, 2.05) is 27.7 Å². The lowest BCUT2D eigenvalue weighted by molar-refractivity contribution is -0.143. The van der Waals surface area contributed by atoms with E-state index in [2.05, 4.69) is 0 Å². The van der Waals surface area contributed by atoms with Gasteiger partial charge >= 0.3 is 13.1 Å². The number of halogens is 1. The zero-order valence-corrected chi connectivity index (χ0v) is 15.9. The molecule has 1 aromatic heterocycles. The van der Waals surface area contributed by atoms with Crippen LogP contribution in [-0.2, 0) is 25.4 Å². The summed E-state index contributed by atoms with van der Waals surface area (Å²) in [5.41, 5.74) is 0.152. The Hall–Kier alpha value is -1.12. The molecule has 0 saturated carbocycles. The molecule has 2 rings (SSSR count). The van der Waals surface area contributed by atoms with Crippen molar-refractivity contribution in [2.24, 2.45) is 0 Å². The lowest BCUT2D eigenvalue weighted by Crippen LogP contribution is -2.41. The molecule has 6 nitrogen and oxygen atoms in total. The first kappa shape index (κ1) is 19.9. The van der Waals surface area contributed by atoms with Gasteiger partial charge in [0.15, 0.2) is 0 Å². The molecular formula is C15H24BBrN2O4. The van der Waals surface area contributed by atoms with Crippen LogP contribution in [0.5, 0.6) is 0 Å². The molecule has 1 aromatic rings. The molecule has 1 aliphatic heterocycles. The normalized spacial score (nSPS) is 18.4. The quantitative estimate of drug-likeness (QED) is 0.627. The summed E-state index contributed by atoms with van der Waals surface area (Å²) in [5, 5.41) is 7.89. The Morgan fingerprint density at radius 1 is 1.26 bits per heavy atom. The fourth-order valence-corrected chi connectivity index (χ4v) is 2.16. The van der Waals surface area contributed by atoms with Gasteiger partial charge in [-0.05, 0) is 46.1 Å². The molecule has 0 spiro atoms. The number of esters is 1. The van der Waals surface area contributed by atoms with Crippen molar-refractivity contribution >= 4 is 35.5 Å². The van der Waals surface area contributed by atoms with Crippen LogP contribution in [0.2, 0.25) is 0 Å². The summed E-state index contributed by atoms with van der Waals surface area (Å²) in [6.45, 7) is 10.0. The topological polar surface area (TPSA) is 73.5 Å². The van der Waals surface area contributed by atoms with Crippen LogP contribution in [0.25, 0.3) is 0 Å². The van der Waals surface area contributed by atoms with Crippen molar-refractivity contribution in [3.63, 3.8) is 0 Å². The molecule has 128 valence electrons. The van der Waals surface area contributed by atoms with E-state index in [1.54, 1.807) is 25.3 Å². The summed E-state index contributed by atoms with van der Waals surface area (Å²) in [7, 11) is -0.515. The minimum atomic E-state index is -0.515. The van der Waals surface area contributed by atoms with E-state index in [0.717, 1.165) is 5.46 Å². The van der Waals surface area contributed by atoms with E-state index < -0.39 is 18.3 Å². The fourth-order valence-electron chi connectivity index (χ4n) is 2.16. The number of nitrogens with zero attached hydrogens (tertiary/aromatic N) is 1. The molecule has 1 aliphatic rings. The van der Waals surface area contributed by atoms with E-state index >= 15 is 0 Å². The molecule has 23 heavy (non-hydrogen) atoms. The van der Waals surface area contributed by atoms with E-state index in [9.17, 15) is 4.79 Å². The summed E-state index contributed by atoms with van der Waals surface area (Å²) in [6, 6.07) is 3.41. The minimum Gasteiger partial charge on any atom is -0.465 e. The van der Waals surface area contributed by atoms with E-state index in [1.165, 1.54) is 4.57 Å². The van der Waals surface area contributed by atoms with Gasteiger partial charge in [-0.3, -0.25) is 10.2 Å². The molecule has 1 N–H and O–H groups in total. The Balaban J connectivity index is 0.00000264. The number of aromatic nitrogens is 1. The Bertz CT molecular complexity index is 614. The second kappa shape index (κ2) is 7.19. The molecule has 1 saturated heterocycles. The van der Waals surface area contributed by atoms with Gasteiger partial charge < -0.3 is 18.6 Å². The number of hydrogen-bond donors (Lipinski definition) is 1. The van der Waals surface area contributed by atoms with Gasteiger partial charge in [0.05, 0.1) is 17.8 Å². The van der Waals surface area contributed by atoms with Crippen molar-refractivity contribution in [2.45, 2.75) is 52.4 Å². The van der Waals surface area contributed by atoms with Crippen molar-refractivity contribution in [1.29, 1.82) is 5.41 Å². The van der Waals surface area contributed by atoms with Gasteiger partial charge in [0.1, 0.15) is 12.0 Å². The van der Waals surface area contributed by atoms with Gasteiger partial charge in [-0.1, -0.05) is 6.07 Å². The van der Waals surface area contributed by atoms with Gasteiger partial charge in [-0.15, -0.1) is 17.0 Å². The highest BCUT2D eigenvalue weighted by atomic mass is 79.9. The van der Waals surface area contributed by atoms with Crippen molar-refractivity contribution in [3.05, 3.63) is 23.8 Å². The van der Waals surface area contributed by atoms with Crippen molar-refractivity contribution in [2.75, 3.05) is 6.61 Å². The zero-order valence-electron chi connectivity index (χ0n) is 14.2. The number of rotatable bonds is 4. The number of pyridine rings is 1. The minimum absolute atomic E-state index is 0. The molecule has 0 radical (unpaired) electrons. The average molecular weight is 387 g/mol. The van der Waals surface area contributed by atoms with E-state index in [-0.39, 0.29) is 35.0 Å². The monoisotopic (exact) mass is 386 g/mol. The van der Waals surface area contributed by atoms with Gasteiger partial charge in [0, 0.05) is 6.20 Å². The number of carbonyl (C=O) groups excluding carboxylic acids is 1. The molecule has 0 amide bonds. The van der Waals surface area contributed by atoms with Crippen LogP contribution < -0.4 is 11.0 Å². The Morgan fingerprint density at radius 3 is 2.35 bits per heavy atom. The number of hydrogen-bond acceptors (Lipinski definition) is 5. The molecule has 0 atom stereocenters. The lowest BCUT2D eigenvalue weighted by atomic mass is 9.80. The second-order valence-electron chi connectivity index (χ2n) is 6.37. The van der Waals surface area contributed by atoms with Gasteiger partial charge in [-0.25, -0.2) is 0 Å². The lowest BCUT2D eigenvalue weighted by Gasteiger charge is -2.32. The zero-order chi connectivity index (χ0) is 16.5. The smallest absolute Gasteiger partial charge is 0.465 e. The van der Waals surface area contributed by atoms with Crippen molar-refractivity contribution in [1.82, 2.24) is 4.57 Å². The molecule has 0 aliphatic carbocycles. The average Bonchev–Trinajstić information content (AvgIpc) is 2.61. The summed E-state index contributed by atoms with van der Waals surface area (Å²) in [4.78, 5) is 11.6. The van der Waals surface area contributed by atoms with Crippen molar-refractivity contribution in [3.8, 4) is 0 Å². The van der Waals surface area contributed by atoms with Gasteiger partial charge in [-0.2, -0.15) is 0 Å². The predicted octanol–water partition coefficient (Wildman–Crippen LogP) is 1.41. The molecule has 2 heterocycles. The SMILES string of the molecule is Br.CCOC(=O)Cn1cc(B2OC(C)(C)C(C)(C)O2)ccc1=N. The van der Waals surface area contributed by atoms with Crippen LogP contribution in [0.3, 0.4) is 0 Å². The maximum Gasteiger partial charge on any atom is 0.496 e. The van der Waals surface area contributed by atoms with E-state index in [4.69, 9.17) is 19.5 Å². The summed E-state index contributed by atoms with van der Waals surface area (Å²) in [6.07, 6.45) is 1.71. The molecule has 0 unspecified atom stereocenters. The highest BCUT2D eigenvalue weighted by molar-refractivity contribution is 8.93. The molecular weight excluding hydrogens is 363 g/mol. The van der Waals surface area contributed by atoms with Crippen LogP contribution in [0.15, 0.2) is 18.3 Å². The standard InChI is InChI=1S/C15H23BN2O4.BrH/c1-6-20-13(19)10-18-9-11(7-8-12(18)17)16-21-14(2,3)15(4,5)22-16;/h7-9,17H,6,10H2,1-5H3;1H. The predicted molar refractivity (Wildman–Crippen MR) is 93.0 cm³/mol. The first-order chi connectivity index (χ1) is 10.2. The highest BCUT2D eigenvalue weighted by Crippen LogP contribution is 2.36. The fraction of sp³-hybridized carbons (Fsp3) is 0.600. The third-order valence-corrected chi connectivity index (χ3v) is 4.18. The van der Waals surface area contributed by atoms with Crippen LogP contribution in [0, 0.1) is 5.41 Å². The molecule has 0 aromatic carbocycles. The van der Waals surface area contributed by atoms with Crippen LogP contribution in [0.1, 0.15) is 34.6 Å². The highest BCUT2D eigenvalue weighted by Gasteiger charge is 2.51. The summed E-state index contributed by atoms with van der Waals surface area (Å²) >= 11 is 0. The maximum atomic E-state index is 11.6. The summed E-state index contributed by atoms with van der Waals surface area (Å²) in [5.74, 6) is -0.368. The van der Waals surface area contributed by atoms with Crippen LogP contribution in [-0.4, -0.2) is 35.5 Å². The number of ether oxygens (including phenoxy) is 1. The summed E-state index contributed by atoms with van der Waals surface area (Å²) < 4.78 is 18.4. The largest absolute Gasteiger partial charge is 0.496 e.